The standard InChI is InChI=1S/C29H46N8O7/c1-27(2,3)43-25(41)30-15-18-19-16-36(17-20(18)19)37-10-9-21(32-24(37)40)31-23(39)35-13-11-34(12-14-35)22(38)29(7,8)33-26(42)44-28(4,5)6/h9-10,18-20H,11-17H2,1-8H3,(H,30,41)(H,33,42)(H,31,32,39,40)/t18-,19-,20+. The van der Waals surface area contributed by atoms with Crippen molar-refractivity contribution in [2.45, 2.75) is 72.1 Å². The number of urea groups is 1. The maximum absolute atomic E-state index is 13.1. The first kappa shape index (κ1) is 32.9. The van der Waals surface area contributed by atoms with Crippen molar-refractivity contribution in [3.8, 4) is 0 Å². The third-order valence-corrected chi connectivity index (χ3v) is 7.76. The number of piperazine rings is 1. The molecule has 3 fully saturated rings. The summed E-state index contributed by atoms with van der Waals surface area (Å²) in [4.78, 5) is 70.1. The van der Waals surface area contributed by atoms with Crippen molar-refractivity contribution in [3.63, 3.8) is 0 Å². The summed E-state index contributed by atoms with van der Waals surface area (Å²) >= 11 is 0. The number of nitrogens with zero attached hydrogens (tertiary/aromatic N) is 5. The molecule has 1 aromatic heterocycles. The summed E-state index contributed by atoms with van der Waals surface area (Å²) in [6, 6.07) is 1.16. The molecule has 1 saturated carbocycles. The fraction of sp³-hybridized carbons (Fsp3) is 0.724. The van der Waals surface area contributed by atoms with Crippen LogP contribution in [0.4, 0.5) is 20.2 Å². The van der Waals surface area contributed by atoms with Gasteiger partial charge in [-0.3, -0.25) is 10.1 Å². The van der Waals surface area contributed by atoms with Crippen LogP contribution in [-0.2, 0) is 14.3 Å². The van der Waals surface area contributed by atoms with Crippen LogP contribution in [0.15, 0.2) is 17.1 Å². The minimum atomic E-state index is -1.19. The van der Waals surface area contributed by atoms with E-state index in [1.165, 1.54) is 4.68 Å². The largest absolute Gasteiger partial charge is 0.444 e. The number of anilines is 1. The number of amides is 5. The number of piperidine rings is 1. The van der Waals surface area contributed by atoms with Gasteiger partial charge in [-0.2, -0.15) is 4.98 Å². The smallest absolute Gasteiger partial charge is 0.408 e. The Labute approximate surface area is 257 Å². The number of nitrogens with one attached hydrogen (secondary N) is 3. The van der Waals surface area contributed by atoms with Crippen LogP contribution >= 0.6 is 0 Å². The Hall–Kier alpha value is -4.04. The molecule has 3 heterocycles. The summed E-state index contributed by atoms with van der Waals surface area (Å²) in [6.07, 6.45) is 0.492. The van der Waals surface area contributed by atoms with E-state index in [-0.39, 0.29) is 37.9 Å². The molecule has 0 aromatic carbocycles. The van der Waals surface area contributed by atoms with Crippen LogP contribution in [0.5, 0.6) is 0 Å². The number of fused-ring (bicyclic) bond motifs is 1. The first-order valence-electron chi connectivity index (χ1n) is 15.0. The lowest BCUT2D eigenvalue weighted by Crippen LogP contribution is -2.60. The molecule has 2 saturated heterocycles. The maximum Gasteiger partial charge on any atom is 0.408 e. The van der Waals surface area contributed by atoms with Crippen LogP contribution in [0, 0.1) is 17.8 Å². The van der Waals surface area contributed by atoms with Gasteiger partial charge >= 0.3 is 23.9 Å². The first-order valence-corrected chi connectivity index (χ1v) is 15.0. The van der Waals surface area contributed by atoms with E-state index in [1.54, 1.807) is 56.7 Å². The minimum absolute atomic E-state index is 0.140. The van der Waals surface area contributed by atoms with Crippen molar-refractivity contribution in [1.29, 1.82) is 0 Å². The molecule has 5 amide bonds. The Morgan fingerprint density at radius 2 is 1.41 bits per heavy atom. The molecule has 0 radical (unpaired) electrons. The highest BCUT2D eigenvalue weighted by atomic mass is 16.6. The Morgan fingerprint density at radius 3 is 1.95 bits per heavy atom. The Kier molecular flexibility index (Phi) is 9.08. The zero-order chi connectivity index (χ0) is 32.6. The molecular weight excluding hydrogens is 572 g/mol. The maximum atomic E-state index is 13.1. The van der Waals surface area contributed by atoms with Gasteiger partial charge in [0.05, 0.1) is 0 Å². The summed E-state index contributed by atoms with van der Waals surface area (Å²) in [5, 5.41) is 10.1. The van der Waals surface area contributed by atoms with Crippen LogP contribution < -0.4 is 26.6 Å². The molecule has 3 N–H and O–H groups in total. The zero-order valence-electron chi connectivity index (χ0n) is 26.9. The molecule has 4 rings (SSSR count). The number of rotatable bonds is 6. The van der Waals surface area contributed by atoms with Crippen LogP contribution in [0.3, 0.4) is 0 Å². The lowest BCUT2D eigenvalue weighted by Gasteiger charge is -2.38. The number of hydrogen-bond acceptors (Lipinski definition) is 9. The summed E-state index contributed by atoms with van der Waals surface area (Å²) in [5.74, 6) is 0.963. The molecule has 0 spiro atoms. The van der Waals surface area contributed by atoms with Gasteiger partial charge in [-0.15, -0.1) is 0 Å². The Balaban J connectivity index is 1.21. The van der Waals surface area contributed by atoms with Gasteiger partial charge in [0, 0.05) is 52.0 Å². The van der Waals surface area contributed by atoms with Crippen LogP contribution in [-0.4, -0.2) is 106 Å². The van der Waals surface area contributed by atoms with Gasteiger partial charge in [0.2, 0.25) is 5.91 Å². The Bertz CT molecular complexity index is 1310. The van der Waals surface area contributed by atoms with Crippen molar-refractivity contribution in [2.24, 2.45) is 17.8 Å². The van der Waals surface area contributed by atoms with E-state index >= 15 is 0 Å². The van der Waals surface area contributed by atoms with Crippen molar-refractivity contribution in [1.82, 2.24) is 30.1 Å². The second kappa shape index (κ2) is 12.2. The van der Waals surface area contributed by atoms with E-state index in [9.17, 15) is 24.0 Å². The van der Waals surface area contributed by atoms with Gasteiger partial charge < -0.3 is 34.9 Å². The van der Waals surface area contributed by atoms with E-state index < -0.39 is 40.6 Å². The number of hydrogen-bond donors (Lipinski definition) is 3. The summed E-state index contributed by atoms with van der Waals surface area (Å²) in [5.41, 5.74) is -2.92. The number of aromatic nitrogens is 2. The molecule has 1 aliphatic carbocycles. The summed E-state index contributed by atoms with van der Waals surface area (Å²) < 4.78 is 12.0. The van der Waals surface area contributed by atoms with Gasteiger partial charge in [-0.1, -0.05) is 0 Å². The molecule has 44 heavy (non-hydrogen) atoms. The molecule has 0 unspecified atom stereocenters. The highest BCUT2D eigenvalue weighted by Crippen LogP contribution is 2.50. The lowest BCUT2D eigenvalue weighted by molar-refractivity contribution is -0.138. The third kappa shape index (κ3) is 8.32. The number of carbonyl (C=O) groups is 4. The molecule has 244 valence electrons. The molecule has 3 atom stereocenters. The van der Waals surface area contributed by atoms with Crippen molar-refractivity contribution in [3.05, 3.63) is 22.7 Å². The van der Waals surface area contributed by atoms with Crippen molar-refractivity contribution < 1.29 is 28.7 Å². The van der Waals surface area contributed by atoms with Crippen molar-refractivity contribution in [2.75, 3.05) is 56.1 Å². The molecule has 15 heteroatoms. The van der Waals surface area contributed by atoms with Crippen LogP contribution in [0.1, 0.15) is 55.4 Å². The topological polar surface area (TPSA) is 167 Å². The monoisotopic (exact) mass is 618 g/mol. The molecule has 2 aliphatic heterocycles. The number of ether oxygens (including phenoxy) is 2. The van der Waals surface area contributed by atoms with E-state index in [4.69, 9.17) is 9.47 Å². The first-order chi connectivity index (χ1) is 20.3. The SMILES string of the molecule is CC(C)(C)OC(=O)NC[C@@H]1[C@H]2CN(n3ccc(NC(=O)N4CCN(C(=O)C(C)(C)NC(=O)OC(C)(C)C)CC4)nc3=O)C[C@@H]12. The van der Waals surface area contributed by atoms with E-state index in [2.05, 4.69) is 20.9 Å². The number of carbonyl (C=O) groups excluding carboxylic acids is 4. The van der Waals surface area contributed by atoms with Gasteiger partial charge in [-0.05, 0) is 79.2 Å². The Morgan fingerprint density at radius 1 is 0.864 bits per heavy atom. The second-order valence-electron chi connectivity index (χ2n) is 14.1. The minimum Gasteiger partial charge on any atom is -0.444 e. The zero-order valence-corrected chi connectivity index (χ0v) is 26.9. The molecule has 0 bridgehead atoms. The quantitative estimate of drug-likeness (QED) is 0.429. The lowest BCUT2D eigenvalue weighted by atomic mass is 10.0. The predicted molar refractivity (Wildman–Crippen MR) is 162 cm³/mol. The predicted octanol–water partition coefficient (Wildman–Crippen LogP) is 1.56. The van der Waals surface area contributed by atoms with E-state index in [0.717, 1.165) is 0 Å². The second-order valence-corrected chi connectivity index (χ2v) is 14.1. The molecule has 3 aliphatic rings. The highest BCUT2D eigenvalue weighted by Gasteiger charge is 2.56. The fourth-order valence-electron chi connectivity index (χ4n) is 5.61. The molecule has 15 nitrogen and oxygen atoms in total. The summed E-state index contributed by atoms with van der Waals surface area (Å²) in [6.45, 7) is 16.9. The third-order valence-electron chi connectivity index (χ3n) is 7.76. The average molecular weight is 619 g/mol. The summed E-state index contributed by atoms with van der Waals surface area (Å²) in [7, 11) is 0. The average Bonchev–Trinajstić information content (AvgIpc) is 3.33. The van der Waals surface area contributed by atoms with Gasteiger partial charge in [-0.25, -0.2) is 23.9 Å². The highest BCUT2D eigenvalue weighted by molar-refractivity contribution is 5.90. The molecular formula is C29H46N8O7. The number of alkyl carbamates (subject to hydrolysis) is 2. The van der Waals surface area contributed by atoms with E-state index in [1.807, 2.05) is 25.8 Å². The fourth-order valence-corrected chi connectivity index (χ4v) is 5.61. The van der Waals surface area contributed by atoms with Crippen LogP contribution in [0.2, 0.25) is 0 Å². The van der Waals surface area contributed by atoms with Crippen LogP contribution in [0.25, 0.3) is 0 Å². The van der Waals surface area contributed by atoms with Gasteiger partial charge in [0.1, 0.15) is 22.6 Å². The van der Waals surface area contributed by atoms with Gasteiger partial charge in [0.15, 0.2) is 0 Å². The normalized spacial score (nSPS) is 21.7. The van der Waals surface area contributed by atoms with E-state index in [0.29, 0.717) is 37.4 Å². The van der Waals surface area contributed by atoms with Crippen molar-refractivity contribution >= 4 is 29.9 Å². The molecule has 1 aromatic rings. The van der Waals surface area contributed by atoms with Gasteiger partial charge in [0.25, 0.3) is 0 Å².